The molecule has 2 atom stereocenters. The van der Waals surface area contributed by atoms with Gasteiger partial charge in [0, 0.05) is 6.54 Å². The van der Waals surface area contributed by atoms with Crippen LogP contribution < -0.4 is 0 Å². The highest BCUT2D eigenvalue weighted by atomic mass is 16.5. The molecule has 1 aromatic rings. The first-order valence-corrected chi connectivity index (χ1v) is 5.73. The summed E-state index contributed by atoms with van der Waals surface area (Å²) in [5.74, 6) is -1.27. The van der Waals surface area contributed by atoms with Gasteiger partial charge in [-0.3, -0.25) is 14.5 Å². The van der Waals surface area contributed by atoms with E-state index in [0.717, 1.165) is 5.56 Å². The van der Waals surface area contributed by atoms with Gasteiger partial charge in [-0.05, 0) is 12.0 Å². The first kappa shape index (κ1) is 12.6. The number of carbonyl (C=O) groups is 2. The van der Waals surface area contributed by atoms with Crippen LogP contribution in [-0.2, 0) is 20.9 Å². The quantitative estimate of drug-likeness (QED) is 0.803. The number of aliphatic carboxylic acids is 1. The number of carbonyl (C=O) groups excluding carboxylic acids is 1. The fraction of sp³-hybridized carbons (Fsp3) is 0.385. The Morgan fingerprint density at radius 2 is 2.00 bits per heavy atom. The average Bonchev–Trinajstić information content (AvgIpc) is 2.35. The number of carboxylic acid groups (broad SMARTS) is 1. The number of likely N-dealkylation sites (tertiary alicyclic amines) is 1. The standard InChI is InChI=1S/C13H15NO4/c1-18-13(17)11-7-10(12(15)16)14(11)8-9-5-3-2-4-6-9/h2-6,10-11H,7-8H2,1H3,(H,15,16)/t10-,11-/m0/s1. The van der Waals surface area contributed by atoms with E-state index in [4.69, 9.17) is 5.11 Å². The molecule has 1 aliphatic rings. The Balaban J connectivity index is 2.10. The molecule has 1 aliphatic heterocycles. The molecule has 1 aromatic carbocycles. The normalized spacial score (nSPS) is 23.2. The molecule has 0 aliphatic carbocycles. The van der Waals surface area contributed by atoms with E-state index in [2.05, 4.69) is 4.74 Å². The van der Waals surface area contributed by atoms with E-state index in [9.17, 15) is 9.59 Å². The Morgan fingerprint density at radius 1 is 1.33 bits per heavy atom. The minimum absolute atomic E-state index is 0.314. The van der Waals surface area contributed by atoms with E-state index in [-0.39, 0.29) is 5.97 Å². The van der Waals surface area contributed by atoms with Crippen molar-refractivity contribution in [2.45, 2.75) is 25.0 Å². The Kier molecular flexibility index (Phi) is 3.62. The molecule has 0 aromatic heterocycles. The van der Waals surface area contributed by atoms with Gasteiger partial charge in [-0.25, -0.2) is 0 Å². The molecule has 0 bridgehead atoms. The monoisotopic (exact) mass is 249 g/mol. The van der Waals surface area contributed by atoms with Crippen molar-refractivity contribution < 1.29 is 19.4 Å². The summed E-state index contributed by atoms with van der Waals surface area (Å²) in [5, 5.41) is 9.06. The average molecular weight is 249 g/mol. The molecule has 2 rings (SSSR count). The molecule has 0 unspecified atom stereocenters. The van der Waals surface area contributed by atoms with E-state index in [1.807, 2.05) is 30.3 Å². The van der Waals surface area contributed by atoms with Crippen LogP contribution in [0.4, 0.5) is 0 Å². The topological polar surface area (TPSA) is 66.8 Å². The Morgan fingerprint density at radius 3 is 2.56 bits per heavy atom. The molecule has 96 valence electrons. The van der Waals surface area contributed by atoms with Gasteiger partial charge in [-0.2, -0.15) is 0 Å². The van der Waals surface area contributed by atoms with Gasteiger partial charge < -0.3 is 9.84 Å². The molecule has 0 radical (unpaired) electrons. The van der Waals surface area contributed by atoms with Gasteiger partial charge >= 0.3 is 11.9 Å². The van der Waals surface area contributed by atoms with E-state index in [1.54, 1.807) is 4.90 Å². The first-order chi connectivity index (χ1) is 8.63. The maximum Gasteiger partial charge on any atom is 0.323 e. The summed E-state index contributed by atoms with van der Waals surface area (Å²) >= 11 is 0. The molecule has 0 spiro atoms. The molecule has 0 amide bonds. The molecule has 1 heterocycles. The minimum Gasteiger partial charge on any atom is -0.480 e. The summed E-state index contributed by atoms with van der Waals surface area (Å²) in [6.45, 7) is 0.442. The van der Waals surface area contributed by atoms with Crippen LogP contribution >= 0.6 is 0 Å². The van der Waals surface area contributed by atoms with Crippen molar-refractivity contribution in [1.29, 1.82) is 0 Å². The number of hydrogen-bond donors (Lipinski definition) is 1. The van der Waals surface area contributed by atoms with Crippen molar-refractivity contribution in [2.75, 3.05) is 7.11 Å². The van der Waals surface area contributed by atoms with Crippen molar-refractivity contribution in [3.8, 4) is 0 Å². The molecule has 5 heteroatoms. The van der Waals surface area contributed by atoms with E-state index < -0.39 is 18.1 Å². The maximum atomic E-state index is 11.5. The van der Waals surface area contributed by atoms with Gasteiger partial charge in [0.05, 0.1) is 7.11 Å². The summed E-state index contributed by atoms with van der Waals surface area (Å²) in [7, 11) is 1.32. The zero-order valence-electron chi connectivity index (χ0n) is 10.1. The van der Waals surface area contributed by atoms with Gasteiger partial charge in [0.25, 0.3) is 0 Å². The zero-order valence-corrected chi connectivity index (χ0v) is 10.1. The number of carboxylic acids is 1. The zero-order chi connectivity index (χ0) is 13.1. The largest absolute Gasteiger partial charge is 0.480 e. The van der Waals surface area contributed by atoms with Crippen molar-refractivity contribution in [3.05, 3.63) is 35.9 Å². The summed E-state index contributed by atoms with van der Waals surface area (Å²) in [6.07, 6.45) is 0.314. The highest BCUT2D eigenvalue weighted by molar-refractivity contribution is 5.83. The molecule has 1 N–H and O–H groups in total. The second-order valence-electron chi connectivity index (χ2n) is 4.29. The third-order valence-corrected chi connectivity index (χ3v) is 3.21. The number of ether oxygens (including phenoxy) is 1. The number of hydrogen-bond acceptors (Lipinski definition) is 4. The lowest BCUT2D eigenvalue weighted by atomic mass is 9.92. The van der Waals surface area contributed by atoms with Crippen molar-refractivity contribution in [1.82, 2.24) is 4.90 Å². The fourth-order valence-electron chi connectivity index (χ4n) is 2.19. The van der Waals surface area contributed by atoms with Gasteiger partial charge in [0.15, 0.2) is 0 Å². The third-order valence-electron chi connectivity index (χ3n) is 3.21. The third kappa shape index (κ3) is 2.36. The lowest BCUT2D eigenvalue weighted by Gasteiger charge is -2.44. The maximum absolute atomic E-state index is 11.5. The Bertz CT molecular complexity index is 446. The van der Waals surface area contributed by atoms with Crippen LogP contribution in [0.1, 0.15) is 12.0 Å². The SMILES string of the molecule is COC(=O)[C@@H]1C[C@@H](C(=O)O)N1Cc1ccccc1. The van der Waals surface area contributed by atoms with Gasteiger partial charge in [0.2, 0.25) is 0 Å². The highest BCUT2D eigenvalue weighted by Gasteiger charge is 2.47. The lowest BCUT2D eigenvalue weighted by molar-refractivity contribution is -0.166. The van der Waals surface area contributed by atoms with Gasteiger partial charge in [-0.1, -0.05) is 30.3 Å². The molecule has 1 saturated heterocycles. The molecule has 0 saturated carbocycles. The number of methoxy groups -OCH3 is 1. The Hall–Kier alpha value is -1.88. The van der Waals surface area contributed by atoms with Crippen molar-refractivity contribution in [2.24, 2.45) is 0 Å². The van der Waals surface area contributed by atoms with Crippen LogP contribution in [-0.4, -0.2) is 41.1 Å². The number of rotatable bonds is 4. The molecule has 18 heavy (non-hydrogen) atoms. The predicted octanol–water partition coefficient (Wildman–Crippen LogP) is 0.887. The number of esters is 1. The second kappa shape index (κ2) is 5.18. The minimum atomic E-state index is -0.897. The molecule has 5 nitrogen and oxygen atoms in total. The number of nitrogens with zero attached hydrogens (tertiary/aromatic N) is 1. The lowest BCUT2D eigenvalue weighted by Crippen LogP contribution is -2.62. The van der Waals surface area contributed by atoms with Crippen LogP contribution in [0.25, 0.3) is 0 Å². The van der Waals surface area contributed by atoms with Crippen molar-refractivity contribution >= 4 is 11.9 Å². The van der Waals surface area contributed by atoms with Gasteiger partial charge in [0.1, 0.15) is 12.1 Å². The summed E-state index contributed by atoms with van der Waals surface area (Å²) in [6, 6.07) is 8.44. The Labute approximate surface area is 105 Å². The predicted molar refractivity (Wildman–Crippen MR) is 63.8 cm³/mol. The van der Waals surface area contributed by atoms with Crippen molar-refractivity contribution in [3.63, 3.8) is 0 Å². The highest BCUT2D eigenvalue weighted by Crippen LogP contribution is 2.29. The van der Waals surface area contributed by atoms with E-state index in [1.165, 1.54) is 7.11 Å². The fourth-order valence-corrected chi connectivity index (χ4v) is 2.19. The second-order valence-corrected chi connectivity index (χ2v) is 4.29. The first-order valence-electron chi connectivity index (χ1n) is 5.73. The van der Waals surface area contributed by atoms with Gasteiger partial charge in [-0.15, -0.1) is 0 Å². The molecular formula is C13H15NO4. The smallest absolute Gasteiger partial charge is 0.323 e. The van der Waals surface area contributed by atoms with Crippen LogP contribution in [0.15, 0.2) is 30.3 Å². The summed E-state index contributed by atoms with van der Waals surface area (Å²) in [5.41, 5.74) is 0.984. The molecular weight excluding hydrogens is 234 g/mol. The molecule has 1 fully saturated rings. The number of benzene rings is 1. The van der Waals surface area contributed by atoms with Crippen LogP contribution in [0.2, 0.25) is 0 Å². The summed E-state index contributed by atoms with van der Waals surface area (Å²) in [4.78, 5) is 24.2. The van der Waals surface area contributed by atoms with Crippen LogP contribution in [0, 0.1) is 0 Å². The van der Waals surface area contributed by atoms with Crippen LogP contribution in [0.5, 0.6) is 0 Å². The van der Waals surface area contributed by atoms with E-state index in [0.29, 0.717) is 13.0 Å². The van der Waals surface area contributed by atoms with E-state index >= 15 is 0 Å². The summed E-state index contributed by atoms with van der Waals surface area (Å²) < 4.78 is 4.68. The van der Waals surface area contributed by atoms with Crippen LogP contribution in [0.3, 0.4) is 0 Å².